The van der Waals surface area contributed by atoms with Crippen LogP contribution in [0.25, 0.3) is 0 Å². The summed E-state index contributed by atoms with van der Waals surface area (Å²) >= 11 is 0. The Morgan fingerprint density at radius 3 is 2.60 bits per heavy atom. The van der Waals surface area contributed by atoms with Crippen LogP contribution in [0.1, 0.15) is 24.4 Å². The summed E-state index contributed by atoms with van der Waals surface area (Å²) in [5.41, 5.74) is 2.16. The molecule has 2 N–H and O–H groups in total. The summed E-state index contributed by atoms with van der Waals surface area (Å²) in [5, 5.41) is 3.04. The Hall–Kier alpha value is -2.34. The summed E-state index contributed by atoms with van der Waals surface area (Å²) in [7, 11) is 0. The average Bonchev–Trinajstić information content (AvgIpc) is 3.08. The molecule has 25 heavy (non-hydrogen) atoms. The van der Waals surface area contributed by atoms with Crippen molar-refractivity contribution in [1.82, 2.24) is 20.2 Å². The molecule has 1 aromatic heterocycles. The van der Waals surface area contributed by atoms with Crippen LogP contribution in [0.2, 0.25) is 0 Å². The monoisotopic (exact) mass is 341 g/mol. The number of nitrogens with one attached hydrogen (secondary N) is 2. The molecular formula is C19H27N5O. The highest BCUT2D eigenvalue weighted by Crippen LogP contribution is 2.15. The number of anilines is 1. The summed E-state index contributed by atoms with van der Waals surface area (Å²) in [4.78, 5) is 24.4. The van der Waals surface area contributed by atoms with E-state index in [2.05, 4.69) is 49.4 Å². The van der Waals surface area contributed by atoms with E-state index in [1.165, 1.54) is 5.69 Å². The van der Waals surface area contributed by atoms with Crippen LogP contribution in [0.3, 0.4) is 0 Å². The Bertz CT molecular complexity index is 676. The van der Waals surface area contributed by atoms with Crippen molar-refractivity contribution < 1.29 is 4.79 Å². The molecule has 134 valence electrons. The Kier molecular flexibility index (Phi) is 5.71. The highest BCUT2D eigenvalue weighted by atomic mass is 16.1. The van der Waals surface area contributed by atoms with Gasteiger partial charge in [-0.1, -0.05) is 18.2 Å². The lowest BCUT2D eigenvalue weighted by Gasteiger charge is -2.36. The molecule has 0 aliphatic carbocycles. The Morgan fingerprint density at radius 1 is 1.24 bits per heavy atom. The van der Waals surface area contributed by atoms with Crippen LogP contribution in [0.4, 0.5) is 5.69 Å². The quantitative estimate of drug-likeness (QED) is 0.840. The molecule has 6 heteroatoms. The molecule has 1 aliphatic heterocycles. The molecule has 1 fully saturated rings. The first-order valence-electron chi connectivity index (χ1n) is 8.95. The number of rotatable bonds is 6. The Labute approximate surface area is 149 Å². The number of imidazole rings is 1. The molecule has 0 spiro atoms. The van der Waals surface area contributed by atoms with E-state index in [1.54, 1.807) is 6.20 Å². The fraction of sp³-hybridized carbons (Fsp3) is 0.474. The second-order valence-corrected chi connectivity index (χ2v) is 6.60. The SMILES string of the molecule is Cc1ncc(C(C)C(=O)NCCN2CCN(c3ccccc3)CC2)[nH]1. The molecule has 0 saturated carbocycles. The number of benzene rings is 1. The smallest absolute Gasteiger partial charge is 0.228 e. The van der Waals surface area contributed by atoms with E-state index >= 15 is 0 Å². The summed E-state index contributed by atoms with van der Waals surface area (Å²) in [6.07, 6.45) is 1.74. The van der Waals surface area contributed by atoms with Crippen LogP contribution in [-0.2, 0) is 4.79 Å². The fourth-order valence-electron chi connectivity index (χ4n) is 3.16. The van der Waals surface area contributed by atoms with Crippen molar-refractivity contribution in [1.29, 1.82) is 0 Å². The fourth-order valence-corrected chi connectivity index (χ4v) is 3.16. The van der Waals surface area contributed by atoms with Gasteiger partial charge in [-0.15, -0.1) is 0 Å². The minimum absolute atomic E-state index is 0.0478. The van der Waals surface area contributed by atoms with Gasteiger partial charge in [-0.25, -0.2) is 4.98 Å². The summed E-state index contributed by atoms with van der Waals surface area (Å²) in [6.45, 7) is 9.48. The molecule has 3 rings (SSSR count). The third-order valence-corrected chi connectivity index (χ3v) is 4.80. The molecule has 1 aromatic carbocycles. The predicted molar refractivity (Wildman–Crippen MR) is 99.8 cm³/mol. The topological polar surface area (TPSA) is 64.3 Å². The molecule has 2 heterocycles. The van der Waals surface area contributed by atoms with Crippen molar-refractivity contribution in [2.24, 2.45) is 0 Å². The number of piperazine rings is 1. The Balaban J connectivity index is 1.38. The maximum Gasteiger partial charge on any atom is 0.228 e. The number of para-hydroxylation sites is 1. The summed E-state index contributed by atoms with van der Waals surface area (Å²) < 4.78 is 0. The third kappa shape index (κ3) is 4.60. The lowest BCUT2D eigenvalue weighted by Crippen LogP contribution is -2.48. The number of hydrogen-bond donors (Lipinski definition) is 2. The van der Waals surface area contributed by atoms with Crippen LogP contribution in [0, 0.1) is 6.92 Å². The van der Waals surface area contributed by atoms with E-state index in [0.29, 0.717) is 6.54 Å². The number of carbonyl (C=O) groups is 1. The zero-order valence-electron chi connectivity index (χ0n) is 15.0. The van der Waals surface area contributed by atoms with Gasteiger partial charge in [0.1, 0.15) is 5.82 Å². The normalized spacial score (nSPS) is 16.6. The molecule has 2 aromatic rings. The highest BCUT2D eigenvalue weighted by molar-refractivity contribution is 5.82. The minimum atomic E-state index is -0.198. The maximum atomic E-state index is 12.2. The van der Waals surface area contributed by atoms with E-state index in [9.17, 15) is 4.79 Å². The molecule has 0 radical (unpaired) electrons. The standard InChI is InChI=1S/C19H27N5O/c1-15(18-14-21-16(2)22-18)19(25)20-8-9-23-10-12-24(13-11-23)17-6-4-3-5-7-17/h3-7,14-15H,8-13H2,1-2H3,(H,20,25)(H,21,22). The minimum Gasteiger partial charge on any atom is -0.369 e. The van der Waals surface area contributed by atoms with Gasteiger partial charge in [0.2, 0.25) is 5.91 Å². The van der Waals surface area contributed by atoms with Crippen molar-refractivity contribution in [3.63, 3.8) is 0 Å². The van der Waals surface area contributed by atoms with Gasteiger partial charge in [-0.2, -0.15) is 0 Å². The first-order valence-corrected chi connectivity index (χ1v) is 8.95. The summed E-state index contributed by atoms with van der Waals surface area (Å²) in [6, 6.07) is 10.5. The van der Waals surface area contributed by atoms with Crippen molar-refractivity contribution in [3.05, 3.63) is 48.0 Å². The average molecular weight is 341 g/mol. The number of amides is 1. The third-order valence-electron chi connectivity index (χ3n) is 4.80. The number of carbonyl (C=O) groups excluding carboxylic acids is 1. The van der Waals surface area contributed by atoms with Crippen molar-refractivity contribution >= 4 is 11.6 Å². The predicted octanol–water partition coefficient (Wildman–Crippen LogP) is 1.76. The molecule has 1 saturated heterocycles. The van der Waals surface area contributed by atoms with E-state index in [4.69, 9.17) is 0 Å². The second-order valence-electron chi connectivity index (χ2n) is 6.60. The van der Waals surface area contributed by atoms with Crippen LogP contribution in [0.15, 0.2) is 36.5 Å². The number of aromatic nitrogens is 2. The van der Waals surface area contributed by atoms with E-state index < -0.39 is 0 Å². The zero-order chi connectivity index (χ0) is 17.6. The van der Waals surface area contributed by atoms with Gasteiger partial charge in [0.05, 0.1) is 5.92 Å². The summed E-state index contributed by atoms with van der Waals surface area (Å²) in [5.74, 6) is 0.689. The second kappa shape index (κ2) is 8.16. The first-order chi connectivity index (χ1) is 12.1. The molecule has 1 unspecified atom stereocenters. The van der Waals surface area contributed by atoms with Gasteiger partial charge >= 0.3 is 0 Å². The lowest BCUT2D eigenvalue weighted by molar-refractivity contribution is -0.122. The van der Waals surface area contributed by atoms with Gasteiger partial charge in [0, 0.05) is 56.8 Å². The lowest BCUT2D eigenvalue weighted by atomic mass is 10.1. The van der Waals surface area contributed by atoms with Crippen molar-refractivity contribution in [2.75, 3.05) is 44.2 Å². The molecular weight excluding hydrogens is 314 g/mol. The van der Waals surface area contributed by atoms with Gasteiger partial charge in [-0.05, 0) is 26.0 Å². The number of aromatic amines is 1. The maximum absolute atomic E-state index is 12.2. The number of aryl methyl sites for hydroxylation is 1. The Morgan fingerprint density at radius 2 is 1.96 bits per heavy atom. The molecule has 1 amide bonds. The first kappa shape index (κ1) is 17.5. The van der Waals surface area contributed by atoms with E-state index in [0.717, 1.165) is 44.2 Å². The van der Waals surface area contributed by atoms with Crippen molar-refractivity contribution in [2.45, 2.75) is 19.8 Å². The number of nitrogens with zero attached hydrogens (tertiary/aromatic N) is 3. The van der Waals surface area contributed by atoms with E-state index in [-0.39, 0.29) is 11.8 Å². The van der Waals surface area contributed by atoms with Crippen molar-refractivity contribution in [3.8, 4) is 0 Å². The van der Waals surface area contributed by atoms with Gasteiger partial charge < -0.3 is 15.2 Å². The zero-order valence-corrected chi connectivity index (χ0v) is 15.0. The van der Waals surface area contributed by atoms with Gasteiger partial charge in [0.15, 0.2) is 0 Å². The largest absolute Gasteiger partial charge is 0.369 e. The van der Waals surface area contributed by atoms with E-state index in [1.807, 2.05) is 19.9 Å². The number of hydrogen-bond acceptors (Lipinski definition) is 4. The highest BCUT2D eigenvalue weighted by Gasteiger charge is 2.19. The molecule has 0 bridgehead atoms. The van der Waals surface area contributed by atoms with Gasteiger partial charge in [-0.3, -0.25) is 9.69 Å². The van der Waals surface area contributed by atoms with Gasteiger partial charge in [0.25, 0.3) is 0 Å². The molecule has 1 atom stereocenters. The van der Waals surface area contributed by atoms with Crippen LogP contribution in [-0.4, -0.2) is 60.0 Å². The van der Waals surface area contributed by atoms with Crippen LogP contribution < -0.4 is 10.2 Å². The molecule has 1 aliphatic rings. The van der Waals surface area contributed by atoms with Crippen LogP contribution >= 0.6 is 0 Å². The molecule has 6 nitrogen and oxygen atoms in total. The van der Waals surface area contributed by atoms with Crippen LogP contribution in [0.5, 0.6) is 0 Å². The number of H-pyrrole nitrogens is 1.